The topological polar surface area (TPSA) is 51.0 Å². The van der Waals surface area contributed by atoms with Crippen LogP contribution in [0.2, 0.25) is 0 Å². The molecule has 3 fully saturated rings. The molecular weight excluding hydrogens is 226 g/mol. The summed E-state index contributed by atoms with van der Waals surface area (Å²) in [6.45, 7) is 2.14. The van der Waals surface area contributed by atoms with Crippen molar-refractivity contribution in [2.75, 3.05) is 7.05 Å². The maximum absolute atomic E-state index is 5.93. The van der Waals surface area contributed by atoms with Crippen LogP contribution in [-0.4, -0.2) is 17.2 Å². The lowest BCUT2D eigenvalue weighted by molar-refractivity contribution is 0.369. The van der Waals surface area contributed by atoms with Gasteiger partial charge in [0.15, 0.2) is 0 Å². The van der Waals surface area contributed by atoms with Crippen LogP contribution in [0.25, 0.3) is 0 Å². The van der Waals surface area contributed by atoms with Gasteiger partial charge in [0, 0.05) is 5.92 Å². The molecule has 1 aromatic rings. The minimum atomic E-state index is 0.210. The maximum Gasteiger partial charge on any atom is 0.233 e. The summed E-state index contributed by atoms with van der Waals surface area (Å²) in [5.41, 5.74) is 0. The summed E-state index contributed by atoms with van der Waals surface area (Å²) in [5.74, 6) is 5.99. The molecule has 4 nitrogen and oxygen atoms in total. The van der Waals surface area contributed by atoms with Crippen LogP contribution < -0.4 is 5.32 Å². The van der Waals surface area contributed by atoms with Crippen molar-refractivity contribution in [3.05, 3.63) is 11.8 Å². The van der Waals surface area contributed by atoms with Crippen LogP contribution in [0.4, 0.5) is 0 Å². The Kier molecular flexibility index (Phi) is 2.31. The molecule has 1 aromatic heterocycles. The third kappa shape index (κ3) is 1.35. The van der Waals surface area contributed by atoms with Gasteiger partial charge in [0.05, 0.1) is 6.04 Å². The fourth-order valence-electron chi connectivity index (χ4n) is 4.68. The highest BCUT2D eigenvalue weighted by Gasteiger charge is 2.67. The highest BCUT2D eigenvalue weighted by Crippen LogP contribution is 2.72. The largest absolute Gasteiger partial charge is 0.423 e. The van der Waals surface area contributed by atoms with Crippen molar-refractivity contribution >= 4 is 0 Å². The van der Waals surface area contributed by atoms with Crippen molar-refractivity contribution in [2.24, 2.45) is 23.7 Å². The van der Waals surface area contributed by atoms with E-state index >= 15 is 0 Å². The molecule has 3 aliphatic carbocycles. The van der Waals surface area contributed by atoms with E-state index in [1.165, 1.54) is 19.3 Å². The Labute approximate surface area is 108 Å². The molecule has 0 aliphatic heterocycles. The summed E-state index contributed by atoms with van der Waals surface area (Å²) in [6.07, 6.45) is 5.34. The van der Waals surface area contributed by atoms with E-state index in [0.717, 1.165) is 41.9 Å². The van der Waals surface area contributed by atoms with Crippen LogP contribution in [0.15, 0.2) is 4.42 Å². The van der Waals surface area contributed by atoms with Crippen LogP contribution in [0.1, 0.15) is 56.3 Å². The fraction of sp³-hybridized carbons (Fsp3) is 0.857. The third-order valence-corrected chi connectivity index (χ3v) is 5.53. The van der Waals surface area contributed by atoms with Gasteiger partial charge in [0.1, 0.15) is 0 Å². The minimum Gasteiger partial charge on any atom is -0.423 e. The molecule has 5 unspecified atom stereocenters. The quantitative estimate of drug-likeness (QED) is 0.888. The van der Waals surface area contributed by atoms with E-state index in [1.807, 2.05) is 7.05 Å². The molecule has 3 saturated carbocycles. The predicted molar refractivity (Wildman–Crippen MR) is 66.9 cm³/mol. The first-order chi connectivity index (χ1) is 8.83. The summed E-state index contributed by atoms with van der Waals surface area (Å²) in [5, 5.41) is 11.8. The van der Waals surface area contributed by atoms with Crippen LogP contribution in [0.5, 0.6) is 0 Å². The molecule has 0 aromatic carbocycles. The van der Waals surface area contributed by atoms with Gasteiger partial charge in [0.2, 0.25) is 11.8 Å². The first-order valence-electron chi connectivity index (χ1n) is 7.34. The van der Waals surface area contributed by atoms with Gasteiger partial charge in [0.25, 0.3) is 0 Å². The summed E-state index contributed by atoms with van der Waals surface area (Å²) < 4.78 is 5.93. The zero-order valence-electron chi connectivity index (χ0n) is 11.1. The average Bonchev–Trinajstić information content (AvgIpc) is 2.80. The lowest BCUT2D eigenvalue weighted by Gasteiger charge is -2.08. The average molecular weight is 247 g/mol. The van der Waals surface area contributed by atoms with E-state index in [2.05, 4.69) is 22.4 Å². The molecule has 0 amide bonds. The highest BCUT2D eigenvalue weighted by molar-refractivity contribution is 5.22. The first-order valence-corrected chi connectivity index (χ1v) is 7.34. The zero-order chi connectivity index (χ0) is 12.3. The Bertz CT molecular complexity index is 438. The molecule has 98 valence electrons. The molecule has 3 aliphatic rings. The standard InChI is InChI=1S/C14H21N3O/c1-3-9(15-2)13-16-17-14(18-13)12-10-7-4-5-8(6-7)11(10)12/h7-12,15H,3-6H2,1-2H3. The van der Waals surface area contributed by atoms with Crippen molar-refractivity contribution in [2.45, 2.75) is 44.6 Å². The zero-order valence-corrected chi connectivity index (χ0v) is 11.1. The smallest absolute Gasteiger partial charge is 0.233 e. The molecule has 1 N–H and O–H groups in total. The molecule has 1 heterocycles. The Hall–Kier alpha value is -0.900. The molecule has 5 atom stereocenters. The van der Waals surface area contributed by atoms with Gasteiger partial charge in [-0.05, 0) is 56.4 Å². The highest BCUT2D eigenvalue weighted by atomic mass is 16.4. The van der Waals surface area contributed by atoms with Crippen LogP contribution in [-0.2, 0) is 0 Å². The van der Waals surface area contributed by atoms with E-state index in [0.29, 0.717) is 5.92 Å². The normalized spacial score (nSPS) is 42.0. The van der Waals surface area contributed by atoms with E-state index in [-0.39, 0.29) is 6.04 Å². The van der Waals surface area contributed by atoms with E-state index in [1.54, 1.807) is 0 Å². The van der Waals surface area contributed by atoms with Crippen molar-refractivity contribution in [3.63, 3.8) is 0 Å². The number of rotatable bonds is 4. The van der Waals surface area contributed by atoms with Gasteiger partial charge < -0.3 is 9.73 Å². The number of fused-ring (bicyclic) bond motifs is 5. The van der Waals surface area contributed by atoms with Crippen molar-refractivity contribution in [1.82, 2.24) is 15.5 Å². The van der Waals surface area contributed by atoms with Gasteiger partial charge in [-0.15, -0.1) is 10.2 Å². The second-order valence-electron chi connectivity index (χ2n) is 6.24. The SMILES string of the molecule is CCC(NC)c1nnc(C2C3C4CCC(C4)C23)o1. The number of nitrogens with one attached hydrogen (secondary N) is 1. The molecular formula is C14H21N3O. The summed E-state index contributed by atoms with van der Waals surface area (Å²) in [6, 6.07) is 0.210. The number of hydrogen-bond acceptors (Lipinski definition) is 4. The number of hydrogen-bond donors (Lipinski definition) is 1. The Morgan fingerprint density at radius 3 is 2.61 bits per heavy atom. The van der Waals surface area contributed by atoms with E-state index in [9.17, 15) is 0 Å². The molecule has 4 rings (SSSR count). The number of nitrogens with zero attached hydrogens (tertiary/aromatic N) is 2. The molecule has 0 saturated heterocycles. The van der Waals surface area contributed by atoms with Gasteiger partial charge in [-0.25, -0.2) is 0 Å². The van der Waals surface area contributed by atoms with Gasteiger partial charge in [-0.2, -0.15) is 0 Å². The summed E-state index contributed by atoms with van der Waals surface area (Å²) >= 11 is 0. The third-order valence-electron chi connectivity index (χ3n) is 5.53. The van der Waals surface area contributed by atoms with E-state index < -0.39 is 0 Å². The Balaban J connectivity index is 1.54. The lowest BCUT2D eigenvalue weighted by atomic mass is 10.0. The summed E-state index contributed by atoms with van der Waals surface area (Å²) in [4.78, 5) is 0. The predicted octanol–water partition coefficient (Wildman–Crippen LogP) is 2.50. The fourth-order valence-corrected chi connectivity index (χ4v) is 4.68. The molecule has 2 bridgehead atoms. The molecule has 18 heavy (non-hydrogen) atoms. The monoisotopic (exact) mass is 247 g/mol. The van der Waals surface area contributed by atoms with Gasteiger partial charge >= 0.3 is 0 Å². The maximum atomic E-state index is 5.93. The van der Waals surface area contributed by atoms with Crippen LogP contribution >= 0.6 is 0 Å². The minimum absolute atomic E-state index is 0.210. The van der Waals surface area contributed by atoms with Crippen LogP contribution in [0.3, 0.4) is 0 Å². The Morgan fingerprint density at radius 1 is 1.28 bits per heavy atom. The number of aromatic nitrogens is 2. The van der Waals surface area contributed by atoms with Crippen molar-refractivity contribution in [1.29, 1.82) is 0 Å². The van der Waals surface area contributed by atoms with Gasteiger partial charge in [-0.3, -0.25) is 0 Å². The Morgan fingerprint density at radius 2 is 2.00 bits per heavy atom. The van der Waals surface area contributed by atoms with Gasteiger partial charge in [-0.1, -0.05) is 6.92 Å². The lowest BCUT2D eigenvalue weighted by Crippen LogP contribution is -2.15. The van der Waals surface area contributed by atoms with E-state index in [4.69, 9.17) is 4.42 Å². The summed E-state index contributed by atoms with van der Waals surface area (Å²) in [7, 11) is 1.95. The molecule has 4 heteroatoms. The second-order valence-corrected chi connectivity index (χ2v) is 6.24. The second kappa shape index (κ2) is 3.80. The molecule has 0 spiro atoms. The molecule has 0 radical (unpaired) electrons. The van der Waals surface area contributed by atoms with Crippen molar-refractivity contribution in [3.8, 4) is 0 Å². The van der Waals surface area contributed by atoms with Crippen LogP contribution in [0, 0.1) is 23.7 Å². The first kappa shape index (κ1) is 11.0. The van der Waals surface area contributed by atoms with Crippen molar-refractivity contribution < 1.29 is 4.42 Å².